The molecule has 2 aromatic rings. The first-order valence-corrected chi connectivity index (χ1v) is 6.48. The van der Waals surface area contributed by atoms with Crippen LogP contribution < -0.4 is 11.1 Å². The van der Waals surface area contributed by atoms with Crippen LogP contribution in [0.5, 0.6) is 0 Å². The first kappa shape index (κ1) is 12.6. The van der Waals surface area contributed by atoms with Gasteiger partial charge in [0.25, 0.3) is 5.91 Å². The number of anilines is 1. The maximum Gasteiger partial charge on any atom is 0.257 e. The Balaban J connectivity index is 2.13. The molecule has 0 aliphatic rings. The summed E-state index contributed by atoms with van der Waals surface area (Å²) in [6, 6.07) is 4.03. The van der Waals surface area contributed by atoms with Gasteiger partial charge >= 0.3 is 0 Å². The number of amides is 1. The molecule has 0 spiro atoms. The Hall–Kier alpha value is -1.82. The largest absolute Gasteiger partial charge is 0.382 e. The Bertz CT molecular complexity index is 553. The number of nitrogens with one attached hydrogen (secondary N) is 2. The number of thiophene rings is 1. The van der Waals surface area contributed by atoms with E-state index in [1.54, 1.807) is 18.3 Å². The van der Waals surface area contributed by atoms with Gasteiger partial charge in [-0.25, -0.2) is 0 Å². The van der Waals surface area contributed by atoms with Crippen LogP contribution >= 0.6 is 11.3 Å². The normalized spacial score (nSPS) is 12.4. The fourth-order valence-electron chi connectivity index (χ4n) is 1.76. The standard InChI is InChI=1S/C12H16N4OS/c1-6-4-5-9(18-6)7(2)14-12(17)10-8(3)15-16-11(10)13/h4-5,7H,1-3H3,(H,14,17)(H3,13,15,16). The molecule has 2 heterocycles. The van der Waals surface area contributed by atoms with Crippen LogP contribution in [0.2, 0.25) is 0 Å². The number of nitrogen functional groups attached to an aromatic ring is 1. The third-order valence-electron chi connectivity index (χ3n) is 2.74. The highest BCUT2D eigenvalue weighted by Crippen LogP contribution is 2.23. The number of nitrogens with zero attached hydrogens (tertiary/aromatic N) is 1. The number of hydrogen-bond acceptors (Lipinski definition) is 4. The lowest BCUT2D eigenvalue weighted by molar-refractivity contribution is 0.0941. The summed E-state index contributed by atoms with van der Waals surface area (Å²) in [4.78, 5) is 14.4. The van der Waals surface area contributed by atoms with Gasteiger partial charge in [-0.3, -0.25) is 9.89 Å². The molecule has 0 bridgehead atoms. The van der Waals surface area contributed by atoms with Gasteiger partial charge in [-0.05, 0) is 32.9 Å². The second kappa shape index (κ2) is 4.81. The number of aryl methyl sites for hydroxylation is 2. The van der Waals surface area contributed by atoms with Gasteiger partial charge in [0.15, 0.2) is 5.82 Å². The highest BCUT2D eigenvalue weighted by Gasteiger charge is 2.18. The van der Waals surface area contributed by atoms with Crippen LogP contribution in [0.25, 0.3) is 0 Å². The number of H-pyrrole nitrogens is 1. The zero-order chi connectivity index (χ0) is 13.3. The molecule has 1 unspecified atom stereocenters. The van der Waals surface area contributed by atoms with Gasteiger partial charge in [0, 0.05) is 15.4 Å². The van der Waals surface area contributed by atoms with Crippen molar-refractivity contribution in [3.63, 3.8) is 0 Å². The molecule has 2 aromatic heterocycles. The molecule has 18 heavy (non-hydrogen) atoms. The van der Waals surface area contributed by atoms with E-state index in [0.717, 1.165) is 4.88 Å². The van der Waals surface area contributed by atoms with Crippen molar-refractivity contribution in [3.05, 3.63) is 33.1 Å². The topological polar surface area (TPSA) is 83.8 Å². The molecule has 1 amide bonds. The summed E-state index contributed by atoms with van der Waals surface area (Å²) >= 11 is 1.67. The summed E-state index contributed by atoms with van der Waals surface area (Å²) in [6.07, 6.45) is 0. The van der Waals surface area contributed by atoms with Gasteiger partial charge < -0.3 is 11.1 Å². The number of nitrogens with two attached hydrogens (primary N) is 1. The van der Waals surface area contributed by atoms with E-state index in [1.165, 1.54) is 4.88 Å². The van der Waals surface area contributed by atoms with Crippen LogP contribution in [0.15, 0.2) is 12.1 Å². The second-order valence-electron chi connectivity index (χ2n) is 4.25. The minimum atomic E-state index is -0.197. The smallest absolute Gasteiger partial charge is 0.257 e. The van der Waals surface area contributed by atoms with E-state index in [1.807, 2.05) is 26.0 Å². The lowest BCUT2D eigenvalue weighted by atomic mass is 10.2. The average Bonchev–Trinajstić information content (AvgIpc) is 2.85. The summed E-state index contributed by atoms with van der Waals surface area (Å²) in [5.41, 5.74) is 6.77. The van der Waals surface area contributed by atoms with Gasteiger partial charge in [0.1, 0.15) is 5.56 Å². The maximum atomic E-state index is 12.1. The summed E-state index contributed by atoms with van der Waals surface area (Å²) in [7, 11) is 0. The number of aromatic amines is 1. The van der Waals surface area contributed by atoms with E-state index in [4.69, 9.17) is 5.73 Å². The van der Waals surface area contributed by atoms with Crippen LogP contribution in [0, 0.1) is 13.8 Å². The Kier molecular flexibility index (Phi) is 3.38. The highest BCUT2D eigenvalue weighted by molar-refractivity contribution is 7.12. The summed E-state index contributed by atoms with van der Waals surface area (Å²) < 4.78 is 0. The Morgan fingerprint density at radius 3 is 2.72 bits per heavy atom. The molecule has 2 rings (SSSR count). The van der Waals surface area contributed by atoms with Crippen molar-refractivity contribution in [2.24, 2.45) is 0 Å². The van der Waals surface area contributed by atoms with Gasteiger partial charge in [-0.1, -0.05) is 0 Å². The number of rotatable bonds is 3. The number of carbonyl (C=O) groups excluding carboxylic acids is 1. The lowest BCUT2D eigenvalue weighted by Gasteiger charge is -2.12. The van der Waals surface area contributed by atoms with Crippen molar-refractivity contribution < 1.29 is 4.79 Å². The minimum absolute atomic E-state index is 0.0371. The Morgan fingerprint density at radius 2 is 2.22 bits per heavy atom. The molecule has 0 aliphatic carbocycles. The van der Waals surface area contributed by atoms with Crippen molar-refractivity contribution in [2.45, 2.75) is 26.8 Å². The van der Waals surface area contributed by atoms with E-state index in [2.05, 4.69) is 15.5 Å². The zero-order valence-corrected chi connectivity index (χ0v) is 11.4. The first-order valence-electron chi connectivity index (χ1n) is 5.66. The summed E-state index contributed by atoms with van der Waals surface area (Å²) in [5, 5.41) is 9.44. The van der Waals surface area contributed by atoms with Crippen molar-refractivity contribution >= 4 is 23.1 Å². The Labute approximate surface area is 109 Å². The fourth-order valence-corrected chi connectivity index (χ4v) is 2.64. The van der Waals surface area contributed by atoms with Crippen LogP contribution in [0.3, 0.4) is 0 Å². The monoisotopic (exact) mass is 264 g/mol. The molecule has 6 heteroatoms. The molecule has 0 fully saturated rings. The molecule has 0 saturated heterocycles. The Morgan fingerprint density at radius 1 is 1.50 bits per heavy atom. The second-order valence-corrected chi connectivity index (χ2v) is 5.57. The molecule has 0 aliphatic heterocycles. The van der Waals surface area contributed by atoms with E-state index < -0.39 is 0 Å². The number of carbonyl (C=O) groups is 1. The molecule has 1 atom stereocenters. The quantitative estimate of drug-likeness (QED) is 0.794. The SMILES string of the molecule is Cc1ccc(C(C)NC(=O)c2c(N)n[nH]c2C)s1. The summed E-state index contributed by atoms with van der Waals surface area (Å²) in [6.45, 7) is 5.77. The van der Waals surface area contributed by atoms with Crippen molar-refractivity contribution in [2.75, 3.05) is 5.73 Å². The van der Waals surface area contributed by atoms with Crippen LogP contribution in [0.1, 0.15) is 38.8 Å². The molecule has 5 nitrogen and oxygen atoms in total. The molecule has 4 N–H and O–H groups in total. The molecule has 0 saturated carbocycles. The molecular formula is C12H16N4OS. The molecule has 0 radical (unpaired) electrons. The van der Waals surface area contributed by atoms with Crippen LogP contribution in [0.4, 0.5) is 5.82 Å². The highest BCUT2D eigenvalue weighted by atomic mass is 32.1. The van der Waals surface area contributed by atoms with Crippen molar-refractivity contribution in [3.8, 4) is 0 Å². The van der Waals surface area contributed by atoms with Crippen LogP contribution in [-0.4, -0.2) is 16.1 Å². The minimum Gasteiger partial charge on any atom is -0.382 e. The molecule has 96 valence electrons. The average molecular weight is 264 g/mol. The van der Waals surface area contributed by atoms with E-state index in [-0.39, 0.29) is 17.8 Å². The zero-order valence-electron chi connectivity index (χ0n) is 10.6. The molecule has 0 aromatic carbocycles. The lowest BCUT2D eigenvalue weighted by Crippen LogP contribution is -2.27. The van der Waals surface area contributed by atoms with E-state index in [0.29, 0.717) is 11.3 Å². The van der Waals surface area contributed by atoms with Gasteiger partial charge in [-0.15, -0.1) is 11.3 Å². The maximum absolute atomic E-state index is 12.1. The van der Waals surface area contributed by atoms with Gasteiger partial charge in [-0.2, -0.15) is 5.10 Å². The number of hydrogen-bond donors (Lipinski definition) is 3. The van der Waals surface area contributed by atoms with Crippen molar-refractivity contribution in [1.82, 2.24) is 15.5 Å². The van der Waals surface area contributed by atoms with Gasteiger partial charge in [0.2, 0.25) is 0 Å². The van der Waals surface area contributed by atoms with E-state index >= 15 is 0 Å². The molecular weight excluding hydrogens is 248 g/mol. The first-order chi connectivity index (χ1) is 8.49. The van der Waals surface area contributed by atoms with Crippen molar-refractivity contribution in [1.29, 1.82) is 0 Å². The third kappa shape index (κ3) is 2.38. The number of aromatic nitrogens is 2. The predicted octanol–water partition coefficient (Wildman–Crippen LogP) is 2.16. The third-order valence-corrected chi connectivity index (χ3v) is 3.92. The van der Waals surface area contributed by atoms with E-state index in [9.17, 15) is 4.79 Å². The predicted molar refractivity (Wildman–Crippen MR) is 72.7 cm³/mol. The summed E-state index contributed by atoms with van der Waals surface area (Å²) in [5.74, 6) is 0.0388. The van der Waals surface area contributed by atoms with Crippen LogP contribution in [-0.2, 0) is 0 Å². The van der Waals surface area contributed by atoms with Gasteiger partial charge in [0.05, 0.1) is 6.04 Å². The fraction of sp³-hybridized carbons (Fsp3) is 0.333.